The van der Waals surface area contributed by atoms with Gasteiger partial charge in [0.2, 0.25) is 0 Å². The molecule has 29 heavy (non-hydrogen) atoms. The van der Waals surface area contributed by atoms with Crippen LogP contribution in [0.15, 0.2) is 0 Å². The van der Waals surface area contributed by atoms with Crippen LogP contribution in [0.4, 0.5) is 0 Å². The highest BCUT2D eigenvalue weighted by Gasteiger charge is 2.51. The molecule has 8 atom stereocenters. The summed E-state index contributed by atoms with van der Waals surface area (Å²) in [6, 6.07) is 0. The van der Waals surface area contributed by atoms with Gasteiger partial charge in [-0.25, -0.2) is 0 Å². The summed E-state index contributed by atoms with van der Waals surface area (Å²) in [4.78, 5) is 0. The van der Waals surface area contributed by atoms with Crippen LogP contribution in [0.3, 0.4) is 0 Å². The average Bonchev–Trinajstić information content (AvgIpc) is 3.49. The van der Waals surface area contributed by atoms with Gasteiger partial charge in [0.25, 0.3) is 0 Å². The van der Waals surface area contributed by atoms with Crippen LogP contribution in [0, 0.1) is 11.8 Å². The maximum absolute atomic E-state index is 7.43. The van der Waals surface area contributed by atoms with E-state index in [0.717, 1.165) is 51.1 Å². The Morgan fingerprint density at radius 2 is 1.03 bits per heavy atom. The lowest BCUT2D eigenvalue weighted by Crippen LogP contribution is -2.51. The molecule has 2 saturated carbocycles. The number of hydrogen-bond donors (Lipinski definition) is 0. The molecule has 0 radical (unpaired) electrons. The molecule has 4 saturated heterocycles. The molecule has 164 valence electrons. The Kier molecular flexibility index (Phi) is 5.20. The van der Waals surface area contributed by atoms with E-state index in [9.17, 15) is 0 Å². The molecule has 0 bridgehead atoms. The first-order valence-corrected chi connectivity index (χ1v) is 12.3. The van der Waals surface area contributed by atoms with Crippen molar-refractivity contribution in [1.82, 2.24) is 0 Å². The van der Waals surface area contributed by atoms with Gasteiger partial charge in [-0.1, -0.05) is 25.7 Å². The lowest BCUT2D eigenvalue weighted by atomic mass is 9.70. The standard InChI is InChI=1S/C24H38O5/c1-3-17(7-19-13-25-19)9-23(5-1,11-21-15-27-21)29-24(12-22-16-28-22)6-2-4-18(10-24)8-20-14-26-20/h17-22H,1-16H2. The van der Waals surface area contributed by atoms with Crippen molar-refractivity contribution in [2.24, 2.45) is 11.8 Å². The minimum Gasteiger partial charge on any atom is -0.373 e. The second-order valence-corrected chi connectivity index (χ2v) is 11.1. The van der Waals surface area contributed by atoms with E-state index in [1.165, 1.54) is 64.2 Å². The molecule has 0 aromatic rings. The van der Waals surface area contributed by atoms with Crippen LogP contribution >= 0.6 is 0 Å². The molecule has 6 aliphatic rings. The van der Waals surface area contributed by atoms with Crippen molar-refractivity contribution in [3.8, 4) is 0 Å². The van der Waals surface area contributed by atoms with Gasteiger partial charge in [0.15, 0.2) is 0 Å². The highest BCUT2D eigenvalue weighted by molar-refractivity contribution is 5.01. The first-order valence-electron chi connectivity index (χ1n) is 12.3. The van der Waals surface area contributed by atoms with Crippen molar-refractivity contribution in [3.05, 3.63) is 0 Å². The molecule has 0 amide bonds. The predicted molar refractivity (Wildman–Crippen MR) is 108 cm³/mol. The zero-order valence-electron chi connectivity index (χ0n) is 17.8. The van der Waals surface area contributed by atoms with Crippen molar-refractivity contribution >= 4 is 0 Å². The summed E-state index contributed by atoms with van der Waals surface area (Å²) in [5.74, 6) is 1.51. The van der Waals surface area contributed by atoms with Gasteiger partial charge in [-0.2, -0.15) is 0 Å². The van der Waals surface area contributed by atoms with E-state index < -0.39 is 0 Å². The number of rotatable bonds is 10. The minimum atomic E-state index is 0.00579. The van der Waals surface area contributed by atoms with Crippen molar-refractivity contribution < 1.29 is 23.7 Å². The third-order valence-electron chi connectivity index (χ3n) is 8.25. The molecular weight excluding hydrogens is 368 g/mol. The van der Waals surface area contributed by atoms with E-state index >= 15 is 0 Å². The molecule has 2 aliphatic carbocycles. The van der Waals surface area contributed by atoms with Gasteiger partial charge in [0.05, 0.1) is 62.0 Å². The summed E-state index contributed by atoms with van der Waals surface area (Å²) in [6.45, 7) is 3.82. The summed E-state index contributed by atoms with van der Waals surface area (Å²) in [5, 5.41) is 0. The van der Waals surface area contributed by atoms with Crippen molar-refractivity contribution in [2.45, 2.75) is 113 Å². The fraction of sp³-hybridized carbons (Fsp3) is 1.00. The van der Waals surface area contributed by atoms with Crippen LogP contribution in [0.25, 0.3) is 0 Å². The van der Waals surface area contributed by atoms with Gasteiger partial charge >= 0.3 is 0 Å². The zero-order chi connectivity index (χ0) is 19.3. The lowest BCUT2D eigenvalue weighted by molar-refractivity contribution is -0.206. The molecule has 0 spiro atoms. The zero-order valence-corrected chi connectivity index (χ0v) is 17.8. The molecule has 6 rings (SSSR count). The van der Waals surface area contributed by atoms with E-state index in [-0.39, 0.29) is 11.2 Å². The molecule has 6 fully saturated rings. The Morgan fingerprint density at radius 1 is 0.621 bits per heavy atom. The molecule has 4 heterocycles. The molecule has 0 aromatic carbocycles. The molecular formula is C24H38O5. The summed E-state index contributed by atoms with van der Waals surface area (Å²) in [5.41, 5.74) is 0.0116. The predicted octanol–water partition coefficient (Wildman–Crippen LogP) is 4.02. The Hall–Kier alpha value is -0.200. The van der Waals surface area contributed by atoms with E-state index in [2.05, 4.69) is 0 Å². The van der Waals surface area contributed by atoms with Crippen molar-refractivity contribution in [2.75, 3.05) is 26.4 Å². The van der Waals surface area contributed by atoms with Gasteiger partial charge in [-0.05, 0) is 50.4 Å². The third-order valence-corrected chi connectivity index (χ3v) is 8.25. The van der Waals surface area contributed by atoms with Crippen LogP contribution in [-0.2, 0) is 23.7 Å². The normalized spacial score (nSPS) is 50.9. The summed E-state index contributed by atoms with van der Waals surface area (Å²) >= 11 is 0. The quantitative estimate of drug-likeness (QED) is 0.513. The Balaban J connectivity index is 1.20. The van der Waals surface area contributed by atoms with Crippen LogP contribution in [0.5, 0.6) is 0 Å². The Morgan fingerprint density at radius 3 is 1.41 bits per heavy atom. The van der Waals surface area contributed by atoms with Crippen molar-refractivity contribution in [3.63, 3.8) is 0 Å². The SMILES string of the molecule is C1CC(CC2CO2)CC(CC2CO2)(OC2(CC3CO3)CCCC(CC3CO3)C2)C1. The van der Waals surface area contributed by atoms with Crippen LogP contribution in [0.2, 0.25) is 0 Å². The summed E-state index contributed by atoms with van der Waals surface area (Å²) in [7, 11) is 0. The molecule has 0 aromatic heterocycles. The fourth-order valence-corrected chi connectivity index (χ4v) is 6.74. The fourth-order valence-electron chi connectivity index (χ4n) is 6.74. The maximum atomic E-state index is 7.43. The maximum Gasteiger partial charge on any atom is 0.0837 e. The van der Waals surface area contributed by atoms with Crippen molar-refractivity contribution in [1.29, 1.82) is 0 Å². The second kappa shape index (κ2) is 7.74. The number of ether oxygens (including phenoxy) is 5. The van der Waals surface area contributed by atoms with E-state index in [1.54, 1.807) is 0 Å². The molecule has 5 heteroatoms. The first-order chi connectivity index (χ1) is 14.2. The van der Waals surface area contributed by atoms with Crippen LogP contribution in [0.1, 0.15) is 77.0 Å². The van der Waals surface area contributed by atoms with Crippen LogP contribution < -0.4 is 0 Å². The first kappa shape index (κ1) is 19.5. The molecule has 8 unspecified atom stereocenters. The van der Waals surface area contributed by atoms with E-state index in [4.69, 9.17) is 23.7 Å². The molecule has 0 N–H and O–H groups in total. The molecule has 4 aliphatic heterocycles. The summed E-state index contributed by atoms with van der Waals surface area (Å²) in [6.07, 6.45) is 16.7. The van der Waals surface area contributed by atoms with E-state index in [0.29, 0.717) is 24.4 Å². The third kappa shape index (κ3) is 5.17. The topological polar surface area (TPSA) is 59.4 Å². The van der Waals surface area contributed by atoms with Gasteiger partial charge in [-0.3, -0.25) is 0 Å². The lowest BCUT2D eigenvalue weighted by Gasteiger charge is -2.50. The largest absolute Gasteiger partial charge is 0.373 e. The van der Waals surface area contributed by atoms with Gasteiger partial charge in [-0.15, -0.1) is 0 Å². The Bertz CT molecular complexity index is 532. The van der Waals surface area contributed by atoms with Gasteiger partial charge in [0.1, 0.15) is 0 Å². The average molecular weight is 407 g/mol. The minimum absolute atomic E-state index is 0.00579. The van der Waals surface area contributed by atoms with Gasteiger partial charge in [0, 0.05) is 12.8 Å². The molecule has 5 nitrogen and oxygen atoms in total. The monoisotopic (exact) mass is 406 g/mol. The number of epoxide rings is 4. The highest BCUT2D eigenvalue weighted by atomic mass is 16.6. The summed E-state index contributed by atoms with van der Waals surface area (Å²) < 4.78 is 30.0. The highest BCUT2D eigenvalue weighted by Crippen LogP contribution is 2.51. The van der Waals surface area contributed by atoms with E-state index in [1.807, 2.05) is 0 Å². The Labute approximate surface area is 175 Å². The van der Waals surface area contributed by atoms with Crippen LogP contribution in [-0.4, -0.2) is 62.0 Å². The second-order valence-electron chi connectivity index (χ2n) is 11.1. The number of hydrogen-bond acceptors (Lipinski definition) is 5. The van der Waals surface area contributed by atoms with Gasteiger partial charge < -0.3 is 23.7 Å². The smallest absolute Gasteiger partial charge is 0.0837 e.